The van der Waals surface area contributed by atoms with Crippen LogP contribution in [0.25, 0.3) is 43.5 Å². The smallest absolute Gasteiger partial charge is 0.269 e. The third-order valence-corrected chi connectivity index (χ3v) is 10.2. The zero-order chi connectivity index (χ0) is 39.2. The van der Waals surface area contributed by atoms with Gasteiger partial charge in [0.25, 0.3) is 11.4 Å². The van der Waals surface area contributed by atoms with Crippen LogP contribution in [0.2, 0.25) is 0 Å². The molecule has 0 amide bonds. The Labute approximate surface area is 325 Å². The van der Waals surface area contributed by atoms with Gasteiger partial charge in [0.15, 0.2) is 0 Å². The molecule has 1 heterocycles. The average molecular weight is 753 g/mol. The van der Waals surface area contributed by atoms with E-state index in [1.807, 2.05) is 84.9 Å². The van der Waals surface area contributed by atoms with Gasteiger partial charge in [0.05, 0.1) is 35.4 Å². The number of non-ortho nitro benzene ring substituents is 2. The molecule has 0 N–H and O–H groups in total. The van der Waals surface area contributed by atoms with Gasteiger partial charge in [-0.2, -0.15) is 0 Å². The van der Waals surface area contributed by atoms with E-state index in [4.69, 9.17) is 13.9 Å². The molecule has 11 nitrogen and oxygen atoms in total. The second-order valence-electron chi connectivity index (χ2n) is 13.3. The molecule has 0 aliphatic rings. The molecule has 0 radical (unpaired) electrons. The summed E-state index contributed by atoms with van der Waals surface area (Å²) in [6.07, 6.45) is 0. The van der Waals surface area contributed by atoms with Crippen LogP contribution >= 0.6 is 0 Å². The van der Waals surface area contributed by atoms with Gasteiger partial charge < -0.3 is 23.7 Å². The van der Waals surface area contributed by atoms with Gasteiger partial charge in [-0.15, -0.1) is 0 Å². The first-order valence-electron chi connectivity index (χ1n) is 18.0. The molecule has 9 aromatic rings. The highest BCUT2D eigenvalue weighted by molar-refractivity contribution is 6.30. The molecule has 9 rings (SSSR count). The number of nitro benzene ring substituents is 2. The Balaban J connectivity index is 1.32. The van der Waals surface area contributed by atoms with E-state index in [1.165, 1.54) is 24.3 Å². The highest BCUT2D eigenvalue weighted by atomic mass is 16.6. The number of nitro groups is 2. The SMILES string of the molecule is COc1ccc(N(c2ccc([N+](=O)[O-])cc2)c2cc3oc4cc(N(c5ccc(OC)cc5)c5ccc([N+](=O)[O-])cc5)c5ccccc5c4c3c3ccccc23)cc1. The molecule has 1 aromatic heterocycles. The predicted octanol–water partition coefficient (Wildman–Crippen LogP) is 12.7. The summed E-state index contributed by atoms with van der Waals surface area (Å²) in [4.78, 5) is 26.5. The zero-order valence-electron chi connectivity index (χ0n) is 30.7. The van der Waals surface area contributed by atoms with Crippen LogP contribution in [0.5, 0.6) is 11.5 Å². The summed E-state index contributed by atoms with van der Waals surface area (Å²) < 4.78 is 17.8. The topological polar surface area (TPSA) is 124 Å². The molecule has 0 aliphatic carbocycles. The van der Waals surface area contributed by atoms with E-state index in [2.05, 4.69) is 34.1 Å². The zero-order valence-corrected chi connectivity index (χ0v) is 30.7. The third kappa shape index (κ3) is 6.03. The van der Waals surface area contributed by atoms with Crippen molar-refractivity contribution in [2.75, 3.05) is 24.0 Å². The maximum atomic E-state index is 11.6. The summed E-state index contributed by atoms with van der Waals surface area (Å²) in [5, 5.41) is 28.9. The van der Waals surface area contributed by atoms with Crippen LogP contribution in [0.1, 0.15) is 0 Å². The van der Waals surface area contributed by atoms with Crippen molar-refractivity contribution in [2.24, 2.45) is 0 Å². The number of ether oxygens (including phenoxy) is 2. The molecule has 0 spiro atoms. The second-order valence-corrected chi connectivity index (χ2v) is 13.3. The largest absolute Gasteiger partial charge is 0.497 e. The number of benzene rings is 8. The van der Waals surface area contributed by atoms with Crippen LogP contribution in [-0.4, -0.2) is 24.1 Å². The second kappa shape index (κ2) is 14.1. The maximum absolute atomic E-state index is 11.6. The van der Waals surface area contributed by atoms with Crippen molar-refractivity contribution in [3.05, 3.63) is 178 Å². The van der Waals surface area contributed by atoms with Gasteiger partial charge in [-0.25, -0.2) is 0 Å². The highest BCUT2D eigenvalue weighted by Crippen LogP contribution is 2.49. The molecule has 8 aromatic carbocycles. The van der Waals surface area contributed by atoms with Crippen LogP contribution in [0.15, 0.2) is 162 Å². The summed E-state index contributed by atoms with van der Waals surface area (Å²) in [6, 6.07) is 48.6. The minimum absolute atomic E-state index is 0.00822. The van der Waals surface area contributed by atoms with E-state index < -0.39 is 9.85 Å². The van der Waals surface area contributed by atoms with Crippen molar-refractivity contribution < 1.29 is 23.7 Å². The first-order chi connectivity index (χ1) is 27.8. The van der Waals surface area contributed by atoms with Crippen molar-refractivity contribution in [3.63, 3.8) is 0 Å². The number of methoxy groups -OCH3 is 2. The summed E-state index contributed by atoms with van der Waals surface area (Å²) in [5.41, 5.74) is 5.97. The lowest BCUT2D eigenvalue weighted by atomic mass is 9.96. The minimum atomic E-state index is -0.409. The van der Waals surface area contributed by atoms with Gasteiger partial charge >= 0.3 is 0 Å². The molecule has 0 saturated heterocycles. The molecular weight excluding hydrogens is 721 g/mol. The average Bonchev–Trinajstić information content (AvgIpc) is 3.63. The summed E-state index contributed by atoms with van der Waals surface area (Å²) >= 11 is 0. The fourth-order valence-corrected chi connectivity index (χ4v) is 7.59. The number of rotatable bonds is 10. The Hall–Kier alpha value is -7.92. The summed E-state index contributed by atoms with van der Waals surface area (Å²) in [7, 11) is 3.23. The first kappa shape index (κ1) is 34.8. The maximum Gasteiger partial charge on any atom is 0.269 e. The first-order valence-corrected chi connectivity index (χ1v) is 18.0. The molecule has 0 saturated carbocycles. The van der Waals surface area contributed by atoms with Crippen LogP contribution in [0, 0.1) is 20.2 Å². The van der Waals surface area contributed by atoms with Gasteiger partial charge in [-0.05, 0) is 83.6 Å². The molecule has 0 aliphatic heterocycles. The van der Waals surface area contributed by atoms with Crippen molar-refractivity contribution >= 4 is 89.0 Å². The van der Waals surface area contributed by atoms with Crippen LogP contribution in [-0.2, 0) is 0 Å². The normalized spacial score (nSPS) is 11.3. The molecule has 0 atom stereocenters. The van der Waals surface area contributed by atoms with Crippen LogP contribution in [0.4, 0.5) is 45.5 Å². The standard InChI is InChI=1S/C46H32N4O7/c1-55-35-23-19-31(20-24-35)47(29-11-15-33(16-12-29)49(51)52)41-27-43-45(39-9-5-3-7-37(39)41)46-40-10-6-4-8-38(40)42(28-44(46)57-43)48(32-21-25-36(56-2)26-22-32)30-13-17-34(18-14-30)50(53)54/h3-28H,1-2H3. The Bertz CT molecular complexity index is 2780. The molecular formula is C46H32N4O7. The number of furan rings is 1. The highest BCUT2D eigenvalue weighted by Gasteiger charge is 2.25. The Morgan fingerprint density at radius 2 is 0.772 bits per heavy atom. The van der Waals surface area contributed by atoms with Crippen LogP contribution in [0.3, 0.4) is 0 Å². The van der Waals surface area contributed by atoms with Gasteiger partial charge in [0, 0.05) is 80.7 Å². The van der Waals surface area contributed by atoms with E-state index >= 15 is 0 Å². The third-order valence-electron chi connectivity index (χ3n) is 10.2. The van der Waals surface area contributed by atoms with Gasteiger partial charge in [0.1, 0.15) is 22.7 Å². The lowest BCUT2D eigenvalue weighted by Crippen LogP contribution is -2.10. The van der Waals surface area contributed by atoms with E-state index in [0.29, 0.717) is 22.7 Å². The number of hydrogen-bond acceptors (Lipinski definition) is 9. The lowest BCUT2D eigenvalue weighted by Gasteiger charge is -2.27. The van der Waals surface area contributed by atoms with E-state index in [0.717, 1.165) is 66.4 Å². The molecule has 278 valence electrons. The molecule has 0 fully saturated rings. The Morgan fingerprint density at radius 1 is 0.456 bits per heavy atom. The van der Waals surface area contributed by atoms with E-state index in [9.17, 15) is 20.2 Å². The number of fused-ring (bicyclic) bond motifs is 7. The van der Waals surface area contributed by atoms with E-state index in [1.54, 1.807) is 38.5 Å². The fourth-order valence-electron chi connectivity index (χ4n) is 7.59. The lowest BCUT2D eigenvalue weighted by molar-refractivity contribution is -0.385. The summed E-state index contributed by atoms with van der Waals surface area (Å²) in [6.45, 7) is 0. The fraction of sp³-hybridized carbons (Fsp3) is 0.0435. The Morgan fingerprint density at radius 3 is 1.09 bits per heavy atom. The quantitative estimate of drug-likeness (QED) is 0.0991. The number of anilines is 6. The van der Waals surface area contributed by atoms with Gasteiger partial charge in [-0.1, -0.05) is 48.5 Å². The van der Waals surface area contributed by atoms with E-state index in [-0.39, 0.29) is 11.4 Å². The Kier molecular flexibility index (Phi) is 8.59. The molecule has 0 bridgehead atoms. The molecule has 57 heavy (non-hydrogen) atoms. The van der Waals surface area contributed by atoms with Crippen molar-refractivity contribution in [1.29, 1.82) is 0 Å². The minimum Gasteiger partial charge on any atom is -0.497 e. The van der Waals surface area contributed by atoms with Crippen molar-refractivity contribution in [1.82, 2.24) is 0 Å². The monoisotopic (exact) mass is 752 g/mol. The number of hydrogen-bond donors (Lipinski definition) is 0. The van der Waals surface area contributed by atoms with Gasteiger partial charge in [-0.3, -0.25) is 20.2 Å². The molecule has 11 heteroatoms. The van der Waals surface area contributed by atoms with Gasteiger partial charge in [0.2, 0.25) is 0 Å². The van der Waals surface area contributed by atoms with Crippen LogP contribution < -0.4 is 19.3 Å². The molecule has 0 unspecified atom stereocenters. The summed E-state index contributed by atoms with van der Waals surface area (Å²) in [5.74, 6) is 1.39. The van der Waals surface area contributed by atoms with Crippen molar-refractivity contribution in [3.8, 4) is 11.5 Å². The number of nitrogens with zero attached hydrogens (tertiary/aromatic N) is 4. The van der Waals surface area contributed by atoms with Crippen molar-refractivity contribution in [2.45, 2.75) is 0 Å². The predicted molar refractivity (Wildman–Crippen MR) is 225 cm³/mol.